The smallest absolute Gasteiger partial charge is 0.122 e. The van der Waals surface area contributed by atoms with Crippen LogP contribution in [0.5, 0.6) is 5.75 Å². The average molecular weight is 274 g/mol. The summed E-state index contributed by atoms with van der Waals surface area (Å²) >= 11 is 0. The van der Waals surface area contributed by atoms with Crippen LogP contribution in [0.1, 0.15) is 76.7 Å². The highest BCUT2D eigenvalue weighted by molar-refractivity contribution is 5.38. The summed E-state index contributed by atoms with van der Waals surface area (Å²) < 4.78 is 6.00. The van der Waals surface area contributed by atoms with Crippen molar-refractivity contribution >= 4 is 0 Å². The standard InChI is InChI=1S/C19H30O/c1-3-5-7-11-16-15-20-19-14-10-9-13-18(19)17(16)12-8-6-4-2/h9-10,13-14,16-17H,3-8,11-12,15H2,1-2H3. The molecule has 20 heavy (non-hydrogen) atoms. The minimum absolute atomic E-state index is 0.725. The molecule has 1 aliphatic rings. The van der Waals surface area contributed by atoms with Crippen molar-refractivity contribution in [1.29, 1.82) is 0 Å². The van der Waals surface area contributed by atoms with Gasteiger partial charge in [-0.1, -0.05) is 70.6 Å². The quantitative estimate of drug-likeness (QED) is 0.533. The van der Waals surface area contributed by atoms with Gasteiger partial charge in [-0.15, -0.1) is 0 Å². The summed E-state index contributed by atoms with van der Waals surface area (Å²) in [6.45, 7) is 5.50. The fraction of sp³-hybridized carbons (Fsp3) is 0.684. The van der Waals surface area contributed by atoms with E-state index in [0.717, 1.165) is 24.2 Å². The fourth-order valence-electron chi connectivity index (χ4n) is 3.43. The number of para-hydroxylation sites is 1. The highest BCUT2D eigenvalue weighted by atomic mass is 16.5. The van der Waals surface area contributed by atoms with Crippen LogP contribution in [-0.4, -0.2) is 6.61 Å². The first-order valence-corrected chi connectivity index (χ1v) is 8.58. The molecule has 0 aromatic heterocycles. The second-order valence-corrected chi connectivity index (χ2v) is 6.21. The van der Waals surface area contributed by atoms with Crippen molar-refractivity contribution in [3.63, 3.8) is 0 Å². The van der Waals surface area contributed by atoms with Crippen molar-refractivity contribution in [2.75, 3.05) is 6.61 Å². The van der Waals surface area contributed by atoms with E-state index in [0.29, 0.717) is 0 Å². The molecule has 2 rings (SSSR count). The fourth-order valence-corrected chi connectivity index (χ4v) is 3.43. The molecule has 0 aliphatic carbocycles. The summed E-state index contributed by atoms with van der Waals surface area (Å²) in [4.78, 5) is 0. The van der Waals surface area contributed by atoms with E-state index in [2.05, 4.69) is 38.1 Å². The molecule has 112 valence electrons. The largest absolute Gasteiger partial charge is 0.493 e. The van der Waals surface area contributed by atoms with Gasteiger partial charge in [-0.05, 0) is 36.3 Å². The van der Waals surface area contributed by atoms with Gasteiger partial charge in [0.2, 0.25) is 0 Å². The SMILES string of the molecule is CCCCCC1COc2ccccc2C1CCCCC. The highest BCUT2D eigenvalue weighted by Crippen LogP contribution is 2.42. The van der Waals surface area contributed by atoms with Crippen LogP contribution in [0.25, 0.3) is 0 Å². The molecule has 0 spiro atoms. The van der Waals surface area contributed by atoms with Gasteiger partial charge >= 0.3 is 0 Å². The first kappa shape index (κ1) is 15.4. The topological polar surface area (TPSA) is 9.23 Å². The Morgan fingerprint density at radius 1 is 0.950 bits per heavy atom. The zero-order valence-corrected chi connectivity index (χ0v) is 13.2. The van der Waals surface area contributed by atoms with Crippen LogP contribution in [-0.2, 0) is 0 Å². The second kappa shape index (κ2) is 8.34. The van der Waals surface area contributed by atoms with Gasteiger partial charge in [0.15, 0.2) is 0 Å². The predicted molar refractivity (Wildman–Crippen MR) is 86.5 cm³/mol. The normalized spacial score (nSPS) is 21.3. The van der Waals surface area contributed by atoms with Gasteiger partial charge in [0, 0.05) is 0 Å². The molecule has 0 amide bonds. The molecule has 0 saturated heterocycles. The van der Waals surface area contributed by atoms with E-state index in [1.807, 2.05) is 0 Å². The third-order valence-electron chi connectivity index (χ3n) is 4.64. The van der Waals surface area contributed by atoms with Crippen LogP contribution in [0.15, 0.2) is 24.3 Å². The van der Waals surface area contributed by atoms with E-state index in [1.165, 1.54) is 56.9 Å². The monoisotopic (exact) mass is 274 g/mol. The van der Waals surface area contributed by atoms with Crippen LogP contribution >= 0.6 is 0 Å². The van der Waals surface area contributed by atoms with Gasteiger partial charge in [-0.25, -0.2) is 0 Å². The second-order valence-electron chi connectivity index (χ2n) is 6.21. The van der Waals surface area contributed by atoms with Gasteiger partial charge in [0.05, 0.1) is 6.61 Å². The third kappa shape index (κ3) is 4.01. The lowest BCUT2D eigenvalue weighted by atomic mass is 9.78. The molecule has 0 bridgehead atoms. The molecule has 1 aliphatic heterocycles. The third-order valence-corrected chi connectivity index (χ3v) is 4.64. The van der Waals surface area contributed by atoms with Crippen molar-refractivity contribution in [2.24, 2.45) is 5.92 Å². The lowest BCUT2D eigenvalue weighted by Gasteiger charge is -2.34. The maximum absolute atomic E-state index is 6.00. The van der Waals surface area contributed by atoms with E-state index in [4.69, 9.17) is 4.74 Å². The summed E-state index contributed by atoms with van der Waals surface area (Å²) in [6, 6.07) is 8.70. The first-order valence-electron chi connectivity index (χ1n) is 8.58. The van der Waals surface area contributed by atoms with Crippen LogP contribution < -0.4 is 4.74 Å². The van der Waals surface area contributed by atoms with E-state index in [-0.39, 0.29) is 0 Å². The summed E-state index contributed by atoms with van der Waals surface area (Å²) in [6.07, 6.45) is 10.7. The van der Waals surface area contributed by atoms with Crippen molar-refractivity contribution in [2.45, 2.75) is 71.1 Å². The van der Waals surface area contributed by atoms with E-state index < -0.39 is 0 Å². The summed E-state index contributed by atoms with van der Waals surface area (Å²) in [5.74, 6) is 2.59. The molecule has 1 nitrogen and oxygen atoms in total. The molecule has 0 fully saturated rings. The lowest BCUT2D eigenvalue weighted by molar-refractivity contribution is 0.175. The first-order chi connectivity index (χ1) is 9.86. The van der Waals surface area contributed by atoms with Crippen molar-refractivity contribution in [3.8, 4) is 5.75 Å². The Morgan fingerprint density at radius 3 is 2.40 bits per heavy atom. The highest BCUT2D eigenvalue weighted by Gasteiger charge is 2.29. The van der Waals surface area contributed by atoms with Crippen LogP contribution in [0, 0.1) is 5.92 Å². The number of ether oxygens (including phenoxy) is 1. The lowest BCUT2D eigenvalue weighted by Crippen LogP contribution is -2.26. The van der Waals surface area contributed by atoms with Gasteiger partial charge in [0.1, 0.15) is 5.75 Å². The number of rotatable bonds is 8. The number of benzene rings is 1. The van der Waals surface area contributed by atoms with Gasteiger partial charge < -0.3 is 4.74 Å². The maximum Gasteiger partial charge on any atom is 0.122 e. The Morgan fingerprint density at radius 2 is 1.65 bits per heavy atom. The van der Waals surface area contributed by atoms with Gasteiger partial charge in [0.25, 0.3) is 0 Å². The summed E-state index contributed by atoms with van der Waals surface area (Å²) in [7, 11) is 0. The zero-order chi connectivity index (χ0) is 14.2. The van der Waals surface area contributed by atoms with Gasteiger partial charge in [-0.2, -0.15) is 0 Å². The molecule has 1 aromatic carbocycles. The molecule has 0 radical (unpaired) electrons. The summed E-state index contributed by atoms with van der Waals surface area (Å²) in [5, 5.41) is 0. The van der Waals surface area contributed by atoms with E-state index in [1.54, 1.807) is 0 Å². The molecular weight excluding hydrogens is 244 g/mol. The molecule has 0 saturated carbocycles. The van der Waals surface area contributed by atoms with E-state index >= 15 is 0 Å². The van der Waals surface area contributed by atoms with E-state index in [9.17, 15) is 0 Å². The van der Waals surface area contributed by atoms with Crippen LogP contribution in [0.3, 0.4) is 0 Å². The van der Waals surface area contributed by atoms with Crippen LogP contribution in [0.2, 0.25) is 0 Å². The number of unbranched alkanes of at least 4 members (excludes halogenated alkanes) is 4. The Balaban J connectivity index is 2.04. The van der Waals surface area contributed by atoms with Crippen LogP contribution in [0.4, 0.5) is 0 Å². The average Bonchev–Trinajstić information content (AvgIpc) is 2.49. The van der Waals surface area contributed by atoms with Crippen molar-refractivity contribution in [3.05, 3.63) is 29.8 Å². The van der Waals surface area contributed by atoms with Gasteiger partial charge in [-0.3, -0.25) is 0 Å². The molecule has 1 aromatic rings. The number of hydrogen-bond donors (Lipinski definition) is 0. The Kier molecular flexibility index (Phi) is 6.42. The molecule has 0 N–H and O–H groups in total. The zero-order valence-electron chi connectivity index (χ0n) is 13.2. The van der Waals surface area contributed by atoms with Crippen molar-refractivity contribution in [1.82, 2.24) is 0 Å². The molecular formula is C19H30O. The molecule has 2 unspecified atom stereocenters. The van der Waals surface area contributed by atoms with Crippen molar-refractivity contribution < 1.29 is 4.74 Å². The predicted octanol–water partition coefficient (Wildman–Crippen LogP) is 5.94. The Bertz CT molecular complexity index is 385. The molecule has 1 heterocycles. The minimum atomic E-state index is 0.725. The molecule has 2 atom stereocenters. The number of hydrogen-bond acceptors (Lipinski definition) is 1. The Labute approximate surface area is 124 Å². The Hall–Kier alpha value is -0.980. The number of fused-ring (bicyclic) bond motifs is 1. The minimum Gasteiger partial charge on any atom is -0.493 e. The summed E-state index contributed by atoms with van der Waals surface area (Å²) in [5.41, 5.74) is 1.47. The maximum atomic E-state index is 6.00. The molecule has 1 heteroatoms.